The van der Waals surface area contributed by atoms with Crippen LogP contribution in [0.25, 0.3) is 0 Å². The van der Waals surface area contributed by atoms with Gasteiger partial charge in [0.25, 0.3) is 11.8 Å². The number of hydrogen-bond acceptors (Lipinski definition) is 3. The zero-order valence-corrected chi connectivity index (χ0v) is 17.1. The van der Waals surface area contributed by atoms with Crippen LogP contribution in [-0.4, -0.2) is 46.3 Å². The molecule has 2 heterocycles. The number of piperidine rings is 1. The van der Waals surface area contributed by atoms with Gasteiger partial charge < -0.3 is 10.2 Å². The maximum Gasteiger partial charge on any atom is 0.325 e. The Hall–Kier alpha value is -3.22. The van der Waals surface area contributed by atoms with Gasteiger partial charge in [-0.25, -0.2) is 9.18 Å². The van der Waals surface area contributed by atoms with Crippen LogP contribution < -0.4 is 5.32 Å². The molecule has 1 spiro atoms. The first-order valence-corrected chi connectivity index (χ1v) is 10.0. The van der Waals surface area contributed by atoms with Crippen molar-refractivity contribution in [3.63, 3.8) is 0 Å². The molecule has 30 heavy (non-hydrogen) atoms. The van der Waals surface area contributed by atoms with Gasteiger partial charge in [0, 0.05) is 18.7 Å². The number of hydrogen-bond donors (Lipinski definition) is 1. The number of amides is 4. The van der Waals surface area contributed by atoms with Gasteiger partial charge >= 0.3 is 6.03 Å². The zero-order chi connectivity index (χ0) is 21.5. The van der Waals surface area contributed by atoms with Crippen LogP contribution >= 0.6 is 0 Å². The van der Waals surface area contributed by atoms with E-state index in [2.05, 4.69) is 5.32 Å². The normalized spacial score (nSPS) is 18.1. The molecule has 0 radical (unpaired) electrons. The first-order chi connectivity index (χ1) is 14.3. The summed E-state index contributed by atoms with van der Waals surface area (Å²) in [5, 5.41) is 2.84. The Morgan fingerprint density at radius 3 is 2.23 bits per heavy atom. The molecule has 2 aromatic rings. The highest BCUT2D eigenvalue weighted by atomic mass is 19.1. The topological polar surface area (TPSA) is 69.7 Å². The van der Waals surface area contributed by atoms with Gasteiger partial charge in [0.15, 0.2) is 0 Å². The van der Waals surface area contributed by atoms with Crippen molar-refractivity contribution < 1.29 is 18.8 Å². The van der Waals surface area contributed by atoms with Crippen molar-refractivity contribution in [3.8, 4) is 0 Å². The number of aryl methyl sites for hydroxylation is 2. The summed E-state index contributed by atoms with van der Waals surface area (Å²) in [5.74, 6) is -0.708. The minimum absolute atomic E-state index is 0.0587. The van der Waals surface area contributed by atoms with Gasteiger partial charge in [-0.2, -0.15) is 0 Å². The number of urea groups is 1. The first kappa shape index (κ1) is 20.1. The molecule has 4 amide bonds. The number of benzene rings is 2. The summed E-state index contributed by atoms with van der Waals surface area (Å²) in [6, 6.07) is 11.0. The third kappa shape index (κ3) is 3.67. The lowest BCUT2D eigenvalue weighted by Gasteiger charge is -2.37. The minimum Gasteiger partial charge on any atom is -0.338 e. The van der Waals surface area contributed by atoms with Crippen molar-refractivity contribution in [2.45, 2.75) is 38.8 Å². The van der Waals surface area contributed by atoms with E-state index in [9.17, 15) is 18.8 Å². The molecular weight excluding hydrogens is 385 g/mol. The summed E-state index contributed by atoms with van der Waals surface area (Å²) in [6.07, 6.45) is 0.738. The van der Waals surface area contributed by atoms with Gasteiger partial charge in [-0.05, 0) is 56.5 Å². The van der Waals surface area contributed by atoms with Crippen molar-refractivity contribution in [3.05, 3.63) is 70.5 Å². The van der Waals surface area contributed by atoms with Gasteiger partial charge in [-0.3, -0.25) is 14.5 Å². The van der Waals surface area contributed by atoms with E-state index in [0.29, 0.717) is 37.1 Å². The zero-order valence-electron chi connectivity index (χ0n) is 17.1. The second kappa shape index (κ2) is 7.55. The molecule has 0 aliphatic carbocycles. The molecule has 2 aliphatic rings. The molecule has 0 atom stereocenters. The molecule has 6 nitrogen and oxygen atoms in total. The van der Waals surface area contributed by atoms with Gasteiger partial charge in [-0.15, -0.1) is 0 Å². The third-order valence-corrected chi connectivity index (χ3v) is 5.87. The Balaban J connectivity index is 1.44. The molecule has 0 bridgehead atoms. The van der Waals surface area contributed by atoms with Gasteiger partial charge in [0.05, 0.1) is 6.54 Å². The standard InChI is InChI=1S/C23H24FN3O3/c1-15-11-16(2)13-18(12-15)20(28)26-9-7-23(8-10-26)21(29)27(22(30)25-23)14-17-3-5-19(24)6-4-17/h3-6,11-13H,7-10,14H2,1-2H3,(H,25,30). The Bertz CT molecular complexity index is 991. The number of rotatable bonds is 3. The highest BCUT2D eigenvalue weighted by Crippen LogP contribution is 2.31. The van der Waals surface area contributed by atoms with Gasteiger partial charge in [0.1, 0.15) is 11.4 Å². The molecule has 2 aliphatic heterocycles. The highest BCUT2D eigenvalue weighted by molar-refractivity contribution is 6.07. The van der Waals surface area contributed by atoms with Crippen LogP contribution in [0.15, 0.2) is 42.5 Å². The smallest absolute Gasteiger partial charge is 0.325 e. The largest absolute Gasteiger partial charge is 0.338 e. The highest BCUT2D eigenvalue weighted by Gasteiger charge is 2.52. The van der Waals surface area contributed by atoms with Crippen LogP contribution in [0, 0.1) is 19.7 Å². The molecule has 7 heteroatoms. The number of nitrogens with zero attached hydrogens (tertiary/aromatic N) is 2. The van der Waals surface area contributed by atoms with Crippen molar-refractivity contribution in [2.75, 3.05) is 13.1 Å². The van der Waals surface area contributed by atoms with Gasteiger partial charge in [-0.1, -0.05) is 29.3 Å². The monoisotopic (exact) mass is 409 g/mol. The lowest BCUT2D eigenvalue weighted by Crippen LogP contribution is -2.55. The molecule has 2 aromatic carbocycles. The molecule has 2 fully saturated rings. The predicted molar refractivity (Wildman–Crippen MR) is 109 cm³/mol. The van der Waals surface area contributed by atoms with E-state index in [1.807, 2.05) is 32.0 Å². The number of imide groups is 1. The molecule has 4 rings (SSSR count). The Morgan fingerprint density at radius 2 is 1.63 bits per heavy atom. The van der Waals surface area contributed by atoms with Crippen LogP contribution in [0.5, 0.6) is 0 Å². The van der Waals surface area contributed by atoms with Crippen LogP contribution in [0.4, 0.5) is 9.18 Å². The summed E-state index contributed by atoms with van der Waals surface area (Å²) in [4.78, 5) is 41.4. The molecule has 2 saturated heterocycles. The van der Waals surface area contributed by atoms with E-state index in [0.717, 1.165) is 11.1 Å². The van der Waals surface area contributed by atoms with Crippen LogP contribution in [0.3, 0.4) is 0 Å². The summed E-state index contributed by atoms with van der Waals surface area (Å²) in [7, 11) is 0. The fourth-order valence-corrected chi connectivity index (χ4v) is 4.30. The van der Waals surface area contributed by atoms with Crippen molar-refractivity contribution in [1.82, 2.24) is 15.1 Å². The van der Waals surface area contributed by atoms with E-state index < -0.39 is 11.6 Å². The van der Waals surface area contributed by atoms with Gasteiger partial charge in [0.2, 0.25) is 0 Å². The molecule has 156 valence electrons. The Labute approximate surface area is 174 Å². The Morgan fingerprint density at radius 1 is 1.03 bits per heavy atom. The summed E-state index contributed by atoms with van der Waals surface area (Å²) >= 11 is 0. The van der Waals surface area contributed by atoms with Crippen LogP contribution in [0.1, 0.15) is 39.9 Å². The van der Waals surface area contributed by atoms with Crippen LogP contribution in [-0.2, 0) is 11.3 Å². The predicted octanol–water partition coefficient (Wildman–Crippen LogP) is 3.17. The summed E-state index contributed by atoms with van der Waals surface area (Å²) in [6.45, 7) is 4.79. The van der Waals surface area contributed by atoms with Crippen LogP contribution in [0.2, 0.25) is 0 Å². The number of carbonyl (C=O) groups is 3. The maximum absolute atomic E-state index is 13.1. The second-order valence-electron chi connectivity index (χ2n) is 8.20. The third-order valence-electron chi connectivity index (χ3n) is 5.87. The quantitative estimate of drug-likeness (QED) is 0.792. The minimum atomic E-state index is -0.976. The SMILES string of the molecule is Cc1cc(C)cc(C(=O)N2CCC3(CC2)NC(=O)N(Cc2ccc(F)cc2)C3=O)c1. The maximum atomic E-state index is 13.1. The van der Waals surface area contributed by atoms with E-state index in [1.165, 1.54) is 17.0 Å². The fourth-order valence-electron chi connectivity index (χ4n) is 4.30. The molecule has 0 aromatic heterocycles. The lowest BCUT2D eigenvalue weighted by molar-refractivity contribution is -0.133. The average molecular weight is 409 g/mol. The molecular formula is C23H24FN3O3. The van der Waals surface area contributed by atoms with E-state index in [4.69, 9.17) is 0 Å². The summed E-state index contributed by atoms with van der Waals surface area (Å²) < 4.78 is 13.1. The second-order valence-corrected chi connectivity index (χ2v) is 8.20. The van der Waals surface area contributed by atoms with Crippen molar-refractivity contribution in [2.24, 2.45) is 0 Å². The van der Waals surface area contributed by atoms with Crippen molar-refractivity contribution >= 4 is 17.8 Å². The lowest BCUT2D eigenvalue weighted by atomic mass is 9.87. The first-order valence-electron chi connectivity index (χ1n) is 10.0. The molecule has 0 unspecified atom stereocenters. The number of halogens is 1. The number of carbonyl (C=O) groups excluding carboxylic acids is 3. The summed E-state index contributed by atoms with van der Waals surface area (Å²) in [5.41, 5.74) is 2.40. The van der Waals surface area contributed by atoms with E-state index >= 15 is 0 Å². The Kier molecular flexibility index (Phi) is 5.05. The van der Waals surface area contributed by atoms with E-state index in [1.54, 1.807) is 17.0 Å². The average Bonchev–Trinajstić information content (AvgIpc) is 2.93. The molecule has 0 saturated carbocycles. The van der Waals surface area contributed by atoms with E-state index in [-0.39, 0.29) is 24.2 Å². The number of likely N-dealkylation sites (tertiary alicyclic amines) is 1. The molecule has 1 N–H and O–H groups in total. The number of nitrogens with one attached hydrogen (secondary N) is 1. The fraction of sp³-hybridized carbons (Fsp3) is 0.348. The van der Waals surface area contributed by atoms with Crippen molar-refractivity contribution in [1.29, 1.82) is 0 Å².